The number of hydrogen-bond acceptors (Lipinski definition) is 2. The largest absolute Gasteiger partial charge is 1.00 e. The Hall–Kier alpha value is 0.361. The molecule has 107 valence electrons. The topological polar surface area (TPSA) is 9.23 Å². The van der Waals surface area contributed by atoms with Gasteiger partial charge in [-0.2, -0.15) is 0 Å². The van der Waals surface area contributed by atoms with Gasteiger partial charge in [-0.05, 0) is 0 Å². The zero-order chi connectivity index (χ0) is 13.2. The first-order chi connectivity index (χ1) is 8.46. The molecule has 0 heterocycles. The van der Waals surface area contributed by atoms with Gasteiger partial charge in [-0.15, -0.1) is 0 Å². The summed E-state index contributed by atoms with van der Waals surface area (Å²) in [5, 5.41) is 0. The Kier molecular flexibility index (Phi) is 8.88. The van der Waals surface area contributed by atoms with E-state index >= 15 is 0 Å². The molecular formula is C14H17Cl2OSSiTi. The minimum absolute atomic E-state index is 0. The van der Waals surface area contributed by atoms with Crippen molar-refractivity contribution < 1.29 is 49.7 Å². The first kappa shape index (κ1) is 20.4. The van der Waals surface area contributed by atoms with Gasteiger partial charge in [0, 0.05) is 0 Å². The molecule has 1 aromatic rings. The van der Waals surface area contributed by atoms with E-state index in [1.54, 1.807) is 0 Å². The second kappa shape index (κ2) is 8.72. The maximum absolute atomic E-state index is 6.15. The van der Waals surface area contributed by atoms with Crippen LogP contribution in [0.4, 0.5) is 0 Å². The fourth-order valence-corrected chi connectivity index (χ4v) is 4.08. The third-order valence-corrected chi connectivity index (χ3v) is 5.39. The maximum Gasteiger partial charge on any atom is -1.00 e. The van der Waals surface area contributed by atoms with Gasteiger partial charge in [0.1, 0.15) is 0 Å². The smallest absolute Gasteiger partial charge is 1.00 e. The number of benzene rings is 1. The Balaban J connectivity index is 0.00000180. The van der Waals surface area contributed by atoms with E-state index in [4.69, 9.17) is 4.43 Å². The first-order valence-electron chi connectivity index (χ1n) is 6.03. The van der Waals surface area contributed by atoms with Crippen LogP contribution in [0.15, 0.2) is 50.1 Å². The van der Waals surface area contributed by atoms with Crippen LogP contribution in [0.3, 0.4) is 0 Å². The minimum Gasteiger partial charge on any atom is -1.00 e. The summed E-state index contributed by atoms with van der Waals surface area (Å²) in [4.78, 5) is 2.59. The van der Waals surface area contributed by atoms with Crippen molar-refractivity contribution in [1.29, 1.82) is 0 Å². The normalized spacial score (nSPS) is 13.8. The van der Waals surface area contributed by atoms with Gasteiger partial charge < -0.3 is 24.8 Å². The molecule has 0 atom stereocenters. The Morgan fingerprint density at radius 2 is 1.80 bits per heavy atom. The first-order valence-corrected chi connectivity index (χ1v) is 11.0. The quantitative estimate of drug-likeness (QED) is 0.602. The number of para-hydroxylation sites is 1. The molecule has 1 nitrogen and oxygen atoms in total. The molecule has 0 spiro atoms. The Bertz CT molecular complexity index is 512. The van der Waals surface area contributed by atoms with Gasteiger partial charge in [0.05, 0.1) is 0 Å². The predicted molar refractivity (Wildman–Crippen MR) is 77.1 cm³/mol. The molecular weight excluding hydrogens is 363 g/mol. The van der Waals surface area contributed by atoms with Crippen LogP contribution in [-0.2, 0) is 20.4 Å². The van der Waals surface area contributed by atoms with Crippen molar-refractivity contribution >= 4 is 20.1 Å². The summed E-state index contributed by atoms with van der Waals surface area (Å²) in [5.74, 6) is 1.03. The average Bonchev–Trinajstić information content (AvgIpc) is 2.65. The van der Waals surface area contributed by atoms with Gasteiger partial charge in [-0.3, -0.25) is 0 Å². The molecule has 2 rings (SSSR count). The molecule has 0 amide bonds. The second-order valence-electron chi connectivity index (χ2n) is 5.21. The molecule has 1 aromatic carbocycles. The van der Waals surface area contributed by atoms with Gasteiger partial charge in [0.15, 0.2) is 0 Å². The zero-order valence-electron chi connectivity index (χ0n) is 11.7. The molecule has 0 radical (unpaired) electrons. The minimum atomic E-state index is -1.55. The number of thioether (sulfide) groups is 1. The molecule has 6 heteroatoms. The van der Waals surface area contributed by atoms with Crippen molar-refractivity contribution in [2.24, 2.45) is 0 Å². The van der Waals surface area contributed by atoms with Crippen molar-refractivity contribution in [1.82, 2.24) is 0 Å². The van der Waals surface area contributed by atoms with Crippen LogP contribution in [0.2, 0.25) is 19.6 Å². The van der Waals surface area contributed by atoms with Crippen molar-refractivity contribution in [3.8, 4) is 5.75 Å². The van der Waals surface area contributed by atoms with E-state index in [1.165, 1.54) is 13.7 Å². The predicted octanol–water partition coefficient (Wildman–Crippen LogP) is -1.28. The van der Waals surface area contributed by atoms with E-state index in [0.717, 1.165) is 12.2 Å². The molecule has 1 aliphatic rings. The van der Waals surface area contributed by atoms with Gasteiger partial charge in [-0.25, -0.2) is 0 Å². The van der Waals surface area contributed by atoms with Crippen LogP contribution in [-0.4, -0.2) is 8.32 Å². The van der Waals surface area contributed by atoms with Gasteiger partial charge in [-0.1, -0.05) is 0 Å². The number of allylic oxidation sites excluding steroid dienone is 3. The number of rotatable bonds is 4. The van der Waals surface area contributed by atoms with E-state index < -0.39 is 8.32 Å². The number of halogens is 2. The number of hydrogen-bond donors (Lipinski definition) is 0. The summed E-state index contributed by atoms with van der Waals surface area (Å²) < 4.78 is 7.60. The maximum atomic E-state index is 6.15. The second-order valence-corrected chi connectivity index (χ2v) is 11.7. The van der Waals surface area contributed by atoms with E-state index in [-0.39, 0.29) is 24.8 Å². The van der Waals surface area contributed by atoms with Crippen LogP contribution < -0.4 is 29.2 Å². The van der Waals surface area contributed by atoms with Crippen molar-refractivity contribution in [3.63, 3.8) is 0 Å². The van der Waals surface area contributed by atoms with Crippen LogP contribution in [0.1, 0.15) is 6.42 Å². The third-order valence-electron chi connectivity index (χ3n) is 2.37. The summed E-state index contributed by atoms with van der Waals surface area (Å²) in [7, 11) is -1.55. The van der Waals surface area contributed by atoms with Crippen LogP contribution in [0, 0.1) is 0 Å². The van der Waals surface area contributed by atoms with Crippen LogP contribution in [0.5, 0.6) is 5.75 Å². The van der Waals surface area contributed by atoms with E-state index in [2.05, 4.69) is 70.4 Å². The molecule has 0 bridgehead atoms. The molecule has 0 aromatic heterocycles. The molecule has 0 fully saturated rings. The summed E-state index contributed by atoms with van der Waals surface area (Å²) in [5.41, 5.74) is 0. The summed E-state index contributed by atoms with van der Waals surface area (Å²) in [6, 6.07) is 8.35. The fourth-order valence-electron chi connectivity index (χ4n) is 1.65. The standard InChI is InChI=1S/C14H17OSSi.2ClH.Ti/c1-17(2,3)15-13-10-6-7-11-14(13)16-12-8-4-5-9-12;;;/h4,6-8,10-11H,5H2,1-3H3;2*1H;/q;;;+2/p-2. The molecule has 0 unspecified atom stereocenters. The zero-order valence-corrected chi connectivity index (χ0v) is 16.6. The molecule has 20 heavy (non-hydrogen) atoms. The molecule has 0 N–H and O–H groups in total. The van der Waals surface area contributed by atoms with Gasteiger partial charge in [0.2, 0.25) is 0 Å². The van der Waals surface area contributed by atoms with E-state index in [0.29, 0.717) is 0 Å². The van der Waals surface area contributed by atoms with Crippen LogP contribution >= 0.6 is 11.8 Å². The van der Waals surface area contributed by atoms with E-state index in [1.807, 2.05) is 17.8 Å². The fraction of sp³-hybridized carbons (Fsp3) is 0.286. The van der Waals surface area contributed by atoms with Crippen molar-refractivity contribution in [3.05, 3.63) is 45.2 Å². The Morgan fingerprint density at radius 1 is 1.15 bits per heavy atom. The molecule has 0 aliphatic heterocycles. The third kappa shape index (κ3) is 6.00. The van der Waals surface area contributed by atoms with Gasteiger partial charge >= 0.3 is 127 Å². The van der Waals surface area contributed by atoms with Crippen molar-refractivity contribution in [2.75, 3.05) is 0 Å². The molecule has 0 saturated carbocycles. The Labute approximate surface area is 151 Å². The SMILES string of the molecule is C[Si](C)(C)Oc1ccccc1SC1=[C]([Ti+2])CC=C1.[Cl-].[Cl-]. The van der Waals surface area contributed by atoms with E-state index in [9.17, 15) is 0 Å². The van der Waals surface area contributed by atoms with Crippen molar-refractivity contribution in [2.45, 2.75) is 31.0 Å². The summed E-state index contributed by atoms with van der Waals surface area (Å²) >= 11 is 4.02. The summed E-state index contributed by atoms with van der Waals surface area (Å²) in [6.45, 7) is 6.65. The molecule has 1 aliphatic carbocycles. The van der Waals surface area contributed by atoms with Gasteiger partial charge in [0.25, 0.3) is 0 Å². The Morgan fingerprint density at radius 3 is 2.35 bits per heavy atom. The monoisotopic (exact) mass is 379 g/mol. The summed E-state index contributed by atoms with van der Waals surface area (Å²) in [6.07, 6.45) is 5.52. The van der Waals surface area contributed by atoms with Crippen LogP contribution in [0.25, 0.3) is 0 Å². The molecule has 0 saturated heterocycles. The average molecular weight is 380 g/mol.